The number of rotatable bonds is 6. The van der Waals surface area contributed by atoms with Crippen LogP contribution >= 0.6 is 23.5 Å². The van der Waals surface area contributed by atoms with E-state index in [0.29, 0.717) is 11.6 Å². The Kier molecular flexibility index (Phi) is 8.62. The first-order chi connectivity index (χ1) is 17.7. The van der Waals surface area contributed by atoms with Gasteiger partial charge in [-0.2, -0.15) is 0 Å². The van der Waals surface area contributed by atoms with Gasteiger partial charge < -0.3 is 26.9 Å². The number of hydrogen-bond acceptors (Lipinski definition) is 8. The van der Waals surface area contributed by atoms with Crippen molar-refractivity contribution >= 4 is 57.2 Å². The Morgan fingerprint density at radius 1 is 0.595 bits per heavy atom. The molecule has 0 fully saturated rings. The van der Waals surface area contributed by atoms with E-state index < -0.39 is 0 Å². The van der Waals surface area contributed by atoms with Crippen molar-refractivity contribution in [2.24, 2.45) is 0 Å². The van der Waals surface area contributed by atoms with Crippen LogP contribution in [-0.2, 0) is 11.5 Å². The van der Waals surface area contributed by atoms with Crippen molar-refractivity contribution in [2.75, 3.05) is 11.5 Å². The lowest BCUT2D eigenvalue weighted by Crippen LogP contribution is -1.95. The van der Waals surface area contributed by atoms with Gasteiger partial charge in [0, 0.05) is 35.0 Å². The van der Waals surface area contributed by atoms with Gasteiger partial charge in [-0.15, -0.1) is 0 Å². The molecule has 0 radical (unpaired) electrons. The molecule has 188 valence electrons. The zero-order valence-corrected chi connectivity index (χ0v) is 21.4. The molecule has 11 heteroatoms. The van der Waals surface area contributed by atoms with Crippen LogP contribution in [0.25, 0.3) is 22.1 Å². The van der Waals surface area contributed by atoms with Crippen molar-refractivity contribution in [1.82, 2.24) is 29.9 Å². The summed E-state index contributed by atoms with van der Waals surface area (Å²) in [5, 5.41) is 1.80. The van der Waals surface area contributed by atoms with Crippen molar-refractivity contribution in [2.45, 2.75) is 21.8 Å². The molecule has 4 heterocycles. The second kappa shape index (κ2) is 12.3. The lowest BCUT2D eigenvalue weighted by molar-refractivity contribution is 0.824. The van der Waals surface area contributed by atoms with Crippen molar-refractivity contribution in [3.05, 3.63) is 96.3 Å². The second-order valence-electron chi connectivity index (χ2n) is 7.79. The lowest BCUT2D eigenvalue weighted by Gasteiger charge is -2.01. The maximum Gasteiger partial charge on any atom is 0.166 e. The minimum atomic E-state index is 0. The van der Waals surface area contributed by atoms with Gasteiger partial charge in [-0.25, -0.2) is 19.9 Å². The number of nitrogens with one attached hydrogen (secondary N) is 2. The van der Waals surface area contributed by atoms with Crippen molar-refractivity contribution in [1.29, 1.82) is 0 Å². The predicted octanol–water partition coefficient (Wildman–Crippen LogP) is 4.84. The highest BCUT2D eigenvalue weighted by Crippen LogP contribution is 2.25. The molecule has 8 N–H and O–H groups in total. The zero-order chi connectivity index (χ0) is 24.7. The summed E-state index contributed by atoms with van der Waals surface area (Å²) in [4.78, 5) is 23.7. The van der Waals surface area contributed by atoms with Crippen molar-refractivity contribution in [3.63, 3.8) is 0 Å². The molecular formula is C26H26N8OS2. The summed E-state index contributed by atoms with van der Waals surface area (Å²) in [6, 6.07) is 23.7. The molecule has 0 spiro atoms. The van der Waals surface area contributed by atoms with E-state index in [1.807, 2.05) is 72.8 Å². The third-order valence-electron chi connectivity index (χ3n) is 5.32. The largest absolute Gasteiger partial charge is 0.412 e. The fourth-order valence-corrected chi connectivity index (χ4v) is 5.20. The zero-order valence-electron chi connectivity index (χ0n) is 19.8. The van der Waals surface area contributed by atoms with Crippen LogP contribution in [0.15, 0.2) is 95.5 Å². The smallest absolute Gasteiger partial charge is 0.166 e. The Hall–Kier alpha value is -4.06. The monoisotopic (exact) mass is 530 g/mol. The number of imidazole rings is 2. The number of thioether (sulfide) groups is 2. The van der Waals surface area contributed by atoms with Gasteiger partial charge in [-0.3, -0.25) is 0 Å². The summed E-state index contributed by atoms with van der Waals surface area (Å²) in [5.74, 6) is 2.70. The van der Waals surface area contributed by atoms with Crippen LogP contribution in [0.1, 0.15) is 11.1 Å². The van der Waals surface area contributed by atoms with E-state index in [4.69, 9.17) is 11.5 Å². The van der Waals surface area contributed by atoms with Gasteiger partial charge in [0.25, 0.3) is 0 Å². The van der Waals surface area contributed by atoms with Crippen LogP contribution < -0.4 is 11.5 Å². The van der Waals surface area contributed by atoms with Crippen molar-refractivity contribution < 1.29 is 5.48 Å². The molecule has 0 atom stereocenters. The molecule has 0 saturated carbocycles. The molecule has 37 heavy (non-hydrogen) atoms. The van der Waals surface area contributed by atoms with Gasteiger partial charge in [-0.05, 0) is 36.4 Å². The molecule has 2 aromatic carbocycles. The number of benzene rings is 2. The lowest BCUT2D eigenvalue weighted by atomic mass is 10.3. The summed E-state index contributed by atoms with van der Waals surface area (Å²) in [5.41, 5.74) is 17.8. The molecule has 0 amide bonds. The summed E-state index contributed by atoms with van der Waals surface area (Å²) < 4.78 is 0. The Morgan fingerprint density at radius 2 is 1.03 bits per heavy atom. The van der Waals surface area contributed by atoms with Gasteiger partial charge in [0.15, 0.2) is 10.3 Å². The highest BCUT2D eigenvalue weighted by Gasteiger charge is 2.06. The van der Waals surface area contributed by atoms with Gasteiger partial charge >= 0.3 is 0 Å². The van der Waals surface area contributed by atoms with E-state index in [9.17, 15) is 0 Å². The normalized spacial score (nSPS) is 10.6. The first kappa shape index (κ1) is 26.0. The van der Waals surface area contributed by atoms with Crippen LogP contribution in [0.3, 0.4) is 0 Å². The summed E-state index contributed by atoms with van der Waals surface area (Å²) in [7, 11) is 0. The van der Waals surface area contributed by atoms with Crippen LogP contribution in [0.4, 0.5) is 11.6 Å². The minimum Gasteiger partial charge on any atom is -0.412 e. The topological polar surface area (TPSA) is 167 Å². The first-order valence-corrected chi connectivity index (χ1v) is 13.2. The predicted molar refractivity (Wildman–Crippen MR) is 152 cm³/mol. The number of pyridine rings is 2. The SMILES string of the molecule is Nc1ncccc1CSc1nc2ccccc2[nH]1.Nc1ncccc1CSc1nc2ccccc2[nH]1.O. The van der Waals surface area contributed by atoms with Gasteiger partial charge in [0.1, 0.15) is 11.6 Å². The van der Waals surface area contributed by atoms with E-state index in [0.717, 1.165) is 55.0 Å². The fraction of sp³-hybridized carbons (Fsp3) is 0.0769. The number of aromatic nitrogens is 6. The molecule has 0 aliphatic rings. The van der Waals surface area contributed by atoms with Crippen LogP contribution in [0.5, 0.6) is 0 Å². The highest BCUT2D eigenvalue weighted by atomic mass is 32.2. The average molecular weight is 531 g/mol. The standard InChI is InChI=1S/2C13H12N4S.H2O/c2*14-12-9(4-3-7-15-12)8-18-13-16-10-5-1-2-6-11(10)17-13;/h2*1-7H,8H2,(H2,14,15)(H,16,17);1H2. The summed E-state index contributed by atoms with van der Waals surface area (Å²) >= 11 is 3.25. The molecule has 0 saturated heterocycles. The van der Waals surface area contributed by atoms with E-state index in [1.165, 1.54) is 0 Å². The first-order valence-electron chi connectivity index (χ1n) is 11.2. The molecule has 9 nitrogen and oxygen atoms in total. The summed E-state index contributed by atoms with van der Waals surface area (Å²) in [6.45, 7) is 0. The van der Waals surface area contributed by atoms with Crippen LogP contribution in [0, 0.1) is 0 Å². The third-order valence-corrected chi connectivity index (χ3v) is 7.16. The second-order valence-corrected chi connectivity index (χ2v) is 9.72. The Bertz CT molecular complexity index is 1410. The number of nitrogens with zero attached hydrogens (tertiary/aromatic N) is 4. The molecule has 0 aliphatic heterocycles. The third kappa shape index (κ3) is 6.58. The Morgan fingerprint density at radius 3 is 1.43 bits per heavy atom. The van der Waals surface area contributed by atoms with Crippen LogP contribution in [0.2, 0.25) is 0 Å². The van der Waals surface area contributed by atoms with E-state index in [2.05, 4.69) is 29.9 Å². The van der Waals surface area contributed by atoms with Gasteiger partial charge in [0.2, 0.25) is 0 Å². The Labute approximate surface area is 221 Å². The number of aromatic amines is 2. The molecule has 0 aliphatic carbocycles. The molecule has 6 aromatic rings. The maximum atomic E-state index is 5.80. The van der Waals surface area contributed by atoms with Crippen LogP contribution in [-0.4, -0.2) is 35.4 Å². The average Bonchev–Trinajstić information content (AvgIpc) is 3.51. The number of nitrogens with two attached hydrogens (primary N) is 2. The van der Waals surface area contributed by atoms with E-state index in [-0.39, 0.29) is 5.48 Å². The van der Waals surface area contributed by atoms with E-state index >= 15 is 0 Å². The number of hydrogen-bond donors (Lipinski definition) is 4. The molecule has 0 unspecified atom stereocenters. The molecule has 0 bridgehead atoms. The maximum absolute atomic E-state index is 5.80. The number of H-pyrrole nitrogens is 2. The summed E-state index contributed by atoms with van der Waals surface area (Å²) in [6.07, 6.45) is 3.40. The quantitative estimate of drug-likeness (QED) is 0.222. The molecule has 6 rings (SSSR count). The molecular weight excluding hydrogens is 504 g/mol. The van der Waals surface area contributed by atoms with E-state index in [1.54, 1.807) is 35.9 Å². The molecule has 4 aromatic heterocycles. The number of fused-ring (bicyclic) bond motifs is 2. The number of nitrogen functional groups attached to an aromatic ring is 2. The minimum absolute atomic E-state index is 0. The van der Waals surface area contributed by atoms with Gasteiger partial charge in [0.05, 0.1) is 22.1 Å². The Balaban J connectivity index is 0.000000168. The van der Waals surface area contributed by atoms with Crippen molar-refractivity contribution in [3.8, 4) is 0 Å². The highest BCUT2D eigenvalue weighted by molar-refractivity contribution is 7.98. The fourth-order valence-electron chi connectivity index (χ4n) is 3.43. The number of anilines is 2. The van der Waals surface area contributed by atoms with Gasteiger partial charge in [-0.1, -0.05) is 59.9 Å². The number of para-hydroxylation sites is 4.